The van der Waals surface area contributed by atoms with Crippen LogP contribution >= 0.6 is 23.2 Å². The van der Waals surface area contributed by atoms with Gasteiger partial charge in [-0.1, -0.05) is 23.2 Å². The number of sulfonamides is 1. The highest BCUT2D eigenvalue weighted by Gasteiger charge is 2.23. The monoisotopic (exact) mass is 418 g/mol. The molecule has 1 heterocycles. The zero-order valence-corrected chi connectivity index (χ0v) is 16.2. The molecule has 9 heteroatoms. The summed E-state index contributed by atoms with van der Waals surface area (Å²) in [6.45, 7) is 1.70. The van der Waals surface area contributed by atoms with Crippen molar-refractivity contribution in [3.05, 3.63) is 52.3 Å². The number of hydrogen-bond donors (Lipinski definition) is 1. The summed E-state index contributed by atoms with van der Waals surface area (Å²) in [4.78, 5) is 1.93. The first-order chi connectivity index (χ1) is 12.2. The van der Waals surface area contributed by atoms with Crippen molar-refractivity contribution in [1.82, 2.24) is 4.90 Å². The van der Waals surface area contributed by atoms with E-state index in [1.807, 2.05) is 7.05 Å². The Morgan fingerprint density at radius 2 is 1.96 bits per heavy atom. The Hall–Kier alpha value is -1.54. The van der Waals surface area contributed by atoms with Crippen molar-refractivity contribution >= 4 is 38.9 Å². The number of halogens is 3. The third-order valence-electron chi connectivity index (χ3n) is 4.01. The third kappa shape index (κ3) is 4.40. The molecular weight excluding hydrogens is 402 g/mol. The molecule has 26 heavy (non-hydrogen) atoms. The molecule has 0 radical (unpaired) electrons. The molecule has 0 aliphatic carbocycles. The lowest BCUT2D eigenvalue weighted by molar-refractivity contribution is 0.208. The number of likely N-dealkylation sites (tertiary alicyclic amines) is 1. The van der Waals surface area contributed by atoms with E-state index < -0.39 is 15.8 Å². The fraction of sp³-hybridized carbons (Fsp3) is 0.294. The van der Waals surface area contributed by atoms with Crippen molar-refractivity contribution in [3.63, 3.8) is 0 Å². The molecule has 0 saturated carbocycles. The van der Waals surface area contributed by atoms with Gasteiger partial charge in [0.05, 0.1) is 15.7 Å². The van der Waals surface area contributed by atoms with E-state index in [2.05, 4.69) is 9.62 Å². The predicted molar refractivity (Wildman–Crippen MR) is 100 cm³/mol. The Labute approximate surface area is 161 Å². The number of benzene rings is 2. The summed E-state index contributed by atoms with van der Waals surface area (Å²) in [6.07, 6.45) is 0.865. The molecule has 3 rings (SSSR count). The van der Waals surface area contributed by atoms with E-state index in [0.29, 0.717) is 10.8 Å². The second kappa shape index (κ2) is 7.60. The molecule has 1 saturated heterocycles. The minimum Gasteiger partial charge on any atom is -0.487 e. The fourth-order valence-electron chi connectivity index (χ4n) is 2.73. The van der Waals surface area contributed by atoms with Gasteiger partial charge in [-0.25, -0.2) is 12.8 Å². The Morgan fingerprint density at radius 1 is 1.19 bits per heavy atom. The smallest absolute Gasteiger partial charge is 0.263 e. The van der Waals surface area contributed by atoms with E-state index >= 15 is 0 Å². The van der Waals surface area contributed by atoms with E-state index in [1.54, 1.807) is 6.07 Å². The number of likely N-dealkylation sites (N-methyl/N-ethyl adjacent to an activating group) is 1. The van der Waals surface area contributed by atoms with Crippen molar-refractivity contribution in [3.8, 4) is 5.75 Å². The Kier molecular flexibility index (Phi) is 5.62. The molecule has 0 unspecified atom stereocenters. The number of anilines is 1. The predicted octanol–water partition coefficient (Wildman–Crippen LogP) is 4.02. The summed E-state index contributed by atoms with van der Waals surface area (Å²) in [5.74, 6) is -0.213. The molecule has 0 spiro atoms. The van der Waals surface area contributed by atoms with Gasteiger partial charge in [-0.15, -0.1) is 0 Å². The van der Waals surface area contributed by atoms with Gasteiger partial charge in [-0.05, 0) is 43.8 Å². The van der Waals surface area contributed by atoms with Gasteiger partial charge in [-0.2, -0.15) is 0 Å². The molecule has 2 aromatic carbocycles. The summed E-state index contributed by atoms with van der Waals surface area (Å²) >= 11 is 12.0. The van der Waals surface area contributed by atoms with Gasteiger partial charge in [-0.3, -0.25) is 4.72 Å². The van der Waals surface area contributed by atoms with Crippen LogP contribution in [0.4, 0.5) is 10.1 Å². The topological polar surface area (TPSA) is 58.6 Å². The highest BCUT2D eigenvalue weighted by Crippen LogP contribution is 2.32. The van der Waals surface area contributed by atoms with E-state index in [-0.39, 0.29) is 21.7 Å². The highest BCUT2D eigenvalue weighted by atomic mass is 35.5. The second-order valence-electron chi connectivity index (χ2n) is 6.12. The van der Waals surface area contributed by atoms with Gasteiger partial charge in [0.1, 0.15) is 22.6 Å². The number of hydrogen-bond acceptors (Lipinski definition) is 4. The lowest BCUT2D eigenvalue weighted by atomic mass is 10.3. The molecule has 1 fully saturated rings. The summed E-state index contributed by atoms with van der Waals surface area (Å²) in [7, 11) is -1.98. The van der Waals surface area contributed by atoms with Crippen LogP contribution in [0.15, 0.2) is 41.3 Å². The van der Waals surface area contributed by atoms with Crippen molar-refractivity contribution in [2.45, 2.75) is 17.4 Å². The molecule has 2 aromatic rings. The number of nitrogens with one attached hydrogen (secondary N) is 1. The molecular formula is C17H17Cl2FN2O3S. The number of rotatable bonds is 5. The molecule has 1 N–H and O–H groups in total. The normalized spacial score (nSPS) is 18.1. The van der Waals surface area contributed by atoms with Crippen molar-refractivity contribution in [1.29, 1.82) is 0 Å². The third-order valence-corrected chi connectivity index (χ3v) is 6.19. The summed E-state index contributed by atoms with van der Waals surface area (Å²) in [5, 5.41) is 0.194. The summed E-state index contributed by atoms with van der Waals surface area (Å²) in [6, 6.07) is 7.69. The van der Waals surface area contributed by atoms with Crippen LogP contribution in [0.1, 0.15) is 6.42 Å². The maximum Gasteiger partial charge on any atom is 0.263 e. The van der Waals surface area contributed by atoms with E-state index in [0.717, 1.165) is 37.7 Å². The van der Waals surface area contributed by atoms with Crippen molar-refractivity contribution in [2.24, 2.45) is 0 Å². The standard InChI is InChI=1S/C17H17Cl2FN2O3S/c1-22-7-6-13(10-22)25-16-9-12(3-4-14(16)18)21-26(23,24)17-5-2-11(20)8-15(17)19/h2-5,8-9,13,21H,6-7,10H2,1H3/t13-/m1/s1. The molecule has 1 aliphatic rings. The van der Waals surface area contributed by atoms with Crippen LogP contribution in [-0.2, 0) is 10.0 Å². The maximum atomic E-state index is 13.1. The van der Waals surface area contributed by atoms with Gasteiger partial charge in [0, 0.05) is 19.2 Å². The lowest BCUT2D eigenvalue weighted by Gasteiger charge is -2.16. The molecule has 0 aromatic heterocycles. The summed E-state index contributed by atoms with van der Waals surface area (Å²) < 4.78 is 46.5. The van der Waals surface area contributed by atoms with Gasteiger partial charge >= 0.3 is 0 Å². The van der Waals surface area contributed by atoms with Crippen LogP contribution in [-0.4, -0.2) is 39.6 Å². The number of nitrogens with zero attached hydrogens (tertiary/aromatic N) is 1. The van der Waals surface area contributed by atoms with Crippen LogP contribution < -0.4 is 9.46 Å². The molecule has 1 atom stereocenters. The minimum absolute atomic E-state index is 0.00380. The van der Waals surface area contributed by atoms with Gasteiger partial charge in [0.25, 0.3) is 10.0 Å². The zero-order valence-electron chi connectivity index (χ0n) is 13.9. The first-order valence-electron chi connectivity index (χ1n) is 7.87. The average Bonchev–Trinajstić information content (AvgIpc) is 2.95. The van der Waals surface area contributed by atoms with Gasteiger partial charge < -0.3 is 9.64 Å². The van der Waals surface area contributed by atoms with E-state index in [4.69, 9.17) is 27.9 Å². The van der Waals surface area contributed by atoms with Crippen LogP contribution in [0.5, 0.6) is 5.75 Å². The van der Waals surface area contributed by atoms with Crippen molar-refractivity contribution in [2.75, 3.05) is 24.9 Å². The highest BCUT2D eigenvalue weighted by molar-refractivity contribution is 7.92. The van der Waals surface area contributed by atoms with E-state index in [1.165, 1.54) is 12.1 Å². The lowest BCUT2D eigenvalue weighted by Crippen LogP contribution is -2.21. The molecule has 5 nitrogen and oxygen atoms in total. The van der Waals surface area contributed by atoms with Crippen LogP contribution in [0.2, 0.25) is 10.0 Å². The first-order valence-corrected chi connectivity index (χ1v) is 10.1. The average molecular weight is 419 g/mol. The van der Waals surface area contributed by atoms with E-state index in [9.17, 15) is 12.8 Å². The van der Waals surface area contributed by atoms with Gasteiger partial charge in [0.15, 0.2) is 0 Å². The van der Waals surface area contributed by atoms with Crippen LogP contribution in [0.3, 0.4) is 0 Å². The Morgan fingerprint density at radius 3 is 2.62 bits per heavy atom. The Bertz CT molecular complexity index is 924. The molecule has 1 aliphatic heterocycles. The zero-order chi connectivity index (χ0) is 18.9. The first kappa shape index (κ1) is 19.2. The minimum atomic E-state index is -3.98. The van der Waals surface area contributed by atoms with Crippen molar-refractivity contribution < 1.29 is 17.5 Å². The Balaban J connectivity index is 1.82. The second-order valence-corrected chi connectivity index (χ2v) is 8.58. The van der Waals surface area contributed by atoms with Crippen LogP contribution in [0.25, 0.3) is 0 Å². The summed E-state index contributed by atoms with van der Waals surface area (Å²) in [5.41, 5.74) is 0.274. The maximum absolute atomic E-state index is 13.1. The molecule has 140 valence electrons. The van der Waals surface area contributed by atoms with Gasteiger partial charge in [0.2, 0.25) is 0 Å². The molecule has 0 bridgehead atoms. The quantitative estimate of drug-likeness (QED) is 0.796. The largest absolute Gasteiger partial charge is 0.487 e. The fourth-order valence-corrected chi connectivity index (χ4v) is 4.47. The SMILES string of the molecule is CN1CC[C@@H](Oc2cc(NS(=O)(=O)c3ccc(F)cc3Cl)ccc2Cl)C1. The van der Waals surface area contributed by atoms with Crippen LogP contribution in [0, 0.1) is 5.82 Å². The number of ether oxygens (including phenoxy) is 1. The molecule has 0 amide bonds.